The Balaban J connectivity index is 2.73. The van der Waals surface area contributed by atoms with E-state index in [9.17, 15) is 13.6 Å². The topological polar surface area (TPSA) is 42.9 Å². The molecule has 3 nitrogen and oxygen atoms in total. The zero-order valence-corrected chi connectivity index (χ0v) is 9.08. The first-order valence-electron chi connectivity index (χ1n) is 4.55. The van der Waals surface area contributed by atoms with Crippen molar-refractivity contribution in [3.05, 3.63) is 46.9 Å². The van der Waals surface area contributed by atoms with E-state index in [2.05, 4.69) is 9.97 Å². The number of nitrogens with zero attached hydrogens (tertiary/aromatic N) is 2. The fourth-order valence-corrected chi connectivity index (χ4v) is 1.56. The van der Waals surface area contributed by atoms with Gasteiger partial charge in [-0.2, -0.15) is 0 Å². The molecule has 86 valence electrons. The van der Waals surface area contributed by atoms with Gasteiger partial charge in [-0.25, -0.2) is 18.7 Å². The number of hydrogen-bond acceptors (Lipinski definition) is 3. The van der Waals surface area contributed by atoms with E-state index in [0.717, 1.165) is 12.4 Å². The number of rotatable bonds is 2. The molecule has 2 rings (SSSR count). The number of benzene rings is 1. The van der Waals surface area contributed by atoms with Crippen LogP contribution in [0, 0.1) is 11.6 Å². The molecule has 1 aromatic carbocycles. The van der Waals surface area contributed by atoms with E-state index < -0.39 is 11.6 Å². The summed E-state index contributed by atoms with van der Waals surface area (Å²) in [4.78, 5) is 18.2. The molecule has 1 aromatic heterocycles. The molecule has 1 heterocycles. The van der Waals surface area contributed by atoms with Crippen LogP contribution >= 0.6 is 11.6 Å². The molecule has 0 saturated carbocycles. The van der Waals surface area contributed by atoms with Crippen LogP contribution in [0.3, 0.4) is 0 Å². The van der Waals surface area contributed by atoms with Crippen molar-refractivity contribution in [2.24, 2.45) is 0 Å². The van der Waals surface area contributed by atoms with Crippen LogP contribution in [0.4, 0.5) is 8.78 Å². The second-order valence-corrected chi connectivity index (χ2v) is 3.50. The van der Waals surface area contributed by atoms with Gasteiger partial charge in [-0.3, -0.25) is 4.79 Å². The summed E-state index contributed by atoms with van der Waals surface area (Å²) in [5, 5.41) is -0.103. The van der Waals surface area contributed by atoms with Crippen LogP contribution in [-0.2, 0) is 0 Å². The molecule has 0 bridgehead atoms. The van der Waals surface area contributed by atoms with Crippen molar-refractivity contribution in [1.82, 2.24) is 9.97 Å². The van der Waals surface area contributed by atoms with Gasteiger partial charge in [-0.15, -0.1) is 0 Å². The number of carbonyl (C=O) groups is 1. The Hall–Kier alpha value is -1.88. The molecule has 17 heavy (non-hydrogen) atoms. The van der Waals surface area contributed by atoms with Crippen LogP contribution in [0.25, 0.3) is 11.3 Å². The quantitative estimate of drug-likeness (QED) is 0.611. The molecule has 0 N–H and O–H groups in total. The van der Waals surface area contributed by atoms with E-state index in [1.54, 1.807) is 0 Å². The standard InChI is InChI=1S/C11H5ClF2N2O/c12-11-7(4-17)10(15-5-16-11)6-2-1-3-8(13)9(6)14/h1-5H. The number of hydrogen-bond donors (Lipinski definition) is 0. The normalized spacial score (nSPS) is 10.3. The van der Waals surface area contributed by atoms with Crippen LogP contribution < -0.4 is 0 Å². The summed E-state index contributed by atoms with van der Waals surface area (Å²) >= 11 is 5.67. The smallest absolute Gasteiger partial charge is 0.168 e. The van der Waals surface area contributed by atoms with E-state index in [1.807, 2.05) is 0 Å². The van der Waals surface area contributed by atoms with E-state index in [-0.39, 0.29) is 22.0 Å². The molecule has 0 saturated heterocycles. The van der Waals surface area contributed by atoms with Crippen molar-refractivity contribution in [3.63, 3.8) is 0 Å². The number of halogens is 3. The molecule has 0 spiro atoms. The fourth-order valence-electron chi connectivity index (χ4n) is 1.38. The number of aromatic nitrogens is 2. The maximum Gasteiger partial charge on any atom is 0.168 e. The van der Waals surface area contributed by atoms with E-state index in [1.165, 1.54) is 12.1 Å². The average Bonchev–Trinajstić information content (AvgIpc) is 2.32. The lowest BCUT2D eigenvalue weighted by Gasteiger charge is -2.06. The van der Waals surface area contributed by atoms with Gasteiger partial charge in [0.15, 0.2) is 17.9 Å². The Bertz CT molecular complexity index is 590. The highest BCUT2D eigenvalue weighted by Crippen LogP contribution is 2.27. The first kappa shape index (κ1) is 11.6. The summed E-state index contributed by atoms with van der Waals surface area (Å²) in [5.41, 5.74) is -0.230. The molecular weight excluding hydrogens is 250 g/mol. The van der Waals surface area contributed by atoms with Crippen molar-refractivity contribution in [3.8, 4) is 11.3 Å². The lowest BCUT2D eigenvalue weighted by molar-refractivity contribution is 0.112. The van der Waals surface area contributed by atoms with Gasteiger partial charge in [-0.05, 0) is 12.1 Å². The summed E-state index contributed by atoms with van der Waals surface area (Å²) in [6.45, 7) is 0. The lowest BCUT2D eigenvalue weighted by Crippen LogP contribution is -1.98. The third kappa shape index (κ3) is 2.01. The first-order valence-corrected chi connectivity index (χ1v) is 4.93. The highest BCUT2D eigenvalue weighted by atomic mass is 35.5. The maximum absolute atomic E-state index is 13.5. The Kier molecular flexibility index (Phi) is 3.10. The molecule has 2 aromatic rings. The monoisotopic (exact) mass is 254 g/mol. The fraction of sp³-hybridized carbons (Fsp3) is 0. The molecular formula is C11H5ClF2N2O. The van der Waals surface area contributed by atoms with Gasteiger partial charge in [0.2, 0.25) is 0 Å². The molecule has 0 atom stereocenters. The van der Waals surface area contributed by atoms with E-state index in [4.69, 9.17) is 11.6 Å². The zero-order chi connectivity index (χ0) is 12.4. The third-order valence-electron chi connectivity index (χ3n) is 2.16. The predicted octanol–water partition coefficient (Wildman–Crippen LogP) is 2.89. The zero-order valence-electron chi connectivity index (χ0n) is 8.32. The van der Waals surface area contributed by atoms with Gasteiger partial charge >= 0.3 is 0 Å². The maximum atomic E-state index is 13.5. The molecule has 0 fully saturated rings. The minimum atomic E-state index is -1.08. The van der Waals surface area contributed by atoms with Crippen LogP contribution in [-0.4, -0.2) is 16.3 Å². The lowest BCUT2D eigenvalue weighted by atomic mass is 10.1. The minimum Gasteiger partial charge on any atom is -0.298 e. The SMILES string of the molecule is O=Cc1c(Cl)ncnc1-c1cccc(F)c1F. The Morgan fingerprint density at radius 3 is 2.71 bits per heavy atom. The van der Waals surface area contributed by atoms with Crippen LogP contribution in [0.15, 0.2) is 24.5 Å². The van der Waals surface area contributed by atoms with Crippen molar-refractivity contribution < 1.29 is 13.6 Å². The second-order valence-electron chi connectivity index (χ2n) is 3.15. The molecule has 0 unspecified atom stereocenters. The molecule has 0 aliphatic rings. The van der Waals surface area contributed by atoms with Gasteiger partial charge in [0.05, 0.1) is 11.3 Å². The summed E-state index contributed by atoms with van der Waals surface area (Å²) in [6.07, 6.45) is 1.48. The highest BCUT2D eigenvalue weighted by molar-refractivity contribution is 6.32. The third-order valence-corrected chi connectivity index (χ3v) is 2.46. The van der Waals surface area contributed by atoms with Gasteiger partial charge < -0.3 is 0 Å². The molecule has 6 heteroatoms. The number of aldehydes is 1. The second kappa shape index (κ2) is 4.55. The van der Waals surface area contributed by atoms with E-state index in [0.29, 0.717) is 6.29 Å². The Morgan fingerprint density at radius 2 is 2.00 bits per heavy atom. The van der Waals surface area contributed by atoms with Crippen molar-refractivity contribution in [1.29, 1.82) is 0 Å². The average molecular weight is 255 g/mol. The van der Waals surface area contributed by atoms with Crippen LogP contribution in [0.2, 0.25) is 5.15 Å². The predicted molar refractivity (Wildman–Crippen MR) is 57.8 cm³/mol. The Labute approximate surface area is 100 Å². The van der Waals surface area contributed by atoms with Crippen molar-refractivity contribution in [2.75, 3.05) is 0 Å². The summed E-state index contributed by atoms with van der Waals surface area (Å²) in [7, 11) is 0. The van der Waals surface area contributed by atoms with Gasteiger partial charge in [0.25, 0.3) is 0 Å². The molecule has 0 aliphatic heterocycles. The summed E-state index contributed by atoms with van der Waals surface area (Å²) in [6, 6.07) is 3.60. The van der Waals surface area contributed by atoms with Gasteiger partial charge in [-0.1, -0.05) is 17.7 Å². The molecule has 0 aliphatic carbocycles. The largest absolute Gasteiger partial charge is 0.298 e. The number of carbonyl (C=O) groups excluding carboxylic acids is 1. The summed E-state index contributed by atoms with van der Waals surface area (Å²) < 4.78 is 26.6. The van der Waals surface area contributed by atoms with Gasteiger partial charge in [0, 0.05) is 5.56 Å². The van der Waals surface area contributed by atoms with Gasteiger partial charge in [0.1, 0.15) is 11.5 Å². The molecule has 0 amide bonds. The molecule has 0 radical (unpaired) electrons. The van der Waals surface area contributed by atoms with E-state index >= 15 is 0 Å². The van der Waals surface area contributed by atoms with Crippen LogP contribution in [0.1, 0.15) is 10.4 Å². The van der Waals surface area contributed by atoms with Crippen molar-refractivity contribution in [2.45, 2.75) is 0 Å². The Morgan fingerprint density at radius 1 is 1.24 bits per heavy atom. The van der Waals surface area contributed by atoms with Crippen LogP contribution in [0.5, 0.6) is 0 Å². The first-order chi connectivity index (χ1) is 8.15. The highest BCUT2D eigenvalue weighted by Gasteiger charge is 2.16. The van der Waals surface area contributed by atoms with Crippen molar-refractivity contribution >= 4 is 17.9 Å². The summed E-state index contributed by atoms with van der Waals surface area (Å²) in [5.74, 6) is -2.10. The minimum absolute atomic E-state index is 0.0306.